The number of hydrogen-bond acceptors (Lipinski definition) is 6. The minimum atomic E-state index is -0.471. The van der Waals surface area contributed by atoms with Crippen molar-refractivity contribution in [3.8, 4) is 17.1 Å². The van der Waals surface area contributed by atoms with Crippen molar-refractivity contribution in [1.29, 1.82) is 0 Å². The summed E-state index contributed by atoms with van der Waals surface area (Å²) in [5.74, 6) is 0.598. The minimum absolute atomic E-state index is 0.0296. The molecule has 0 spiro atoms. The van der Waals surface area contributed by atoms with E-state index in [1.54, 1.807) is 36.4 Å². The van der Waals surface area contributed by atoms with Gasteiger partial charge in [0.25, 0.3) is 5.69 Å². The molecule has 8 heteroatoms. The first-order chi connectivity index (χ1) is 13.6. The predicted octanol–water partition coefficient (Wildman–Crippen LogP) is 3.71. The molecule has 2 aromatic carbocycles. The van der Waals surface area contributed by atoms with Gasteiger partial charge in [0, 0.05) is 41.7 Å². The monoisotopic (exact) mass is 376 g/mol. The maximum Gasteiger partial charge on any atom is 0.270 e. The molecule has 0 saturated carbocycles. The van der Waals surface area contributed by atoms with Crippen LogP contribution in [-0.2, 0) is 4.79 Å². The van der Waals surface area contributed by atoms with E-state index >= 15 is 0 Å². The molecule has 0 fully saturated rings. The summed E-state index contributed by atoms with van der Waals surface area (Å²) in [4.78, 5) is 30.9. The van der Waals surface area contributed by atoms with Crippen LogP contribution in [0.2, 0.25) is 0 Å². The molecule has 0 aliphatic carbocycles. The zero-order valence-corrected chi connectivity index (χ0v) is 14.9. The maximum atomic E-state index is 12.1. The molecule has 140 valence electrons. The molecule has 0 aliphatic rings. The molecule has 1 heterocycles. The number of aromatic nitrogens is 2. The van der Waals surface area contributed by atoms with Gasteiger partial charge in [-0.15, -0.1) is 0 Å². The zero-order valence-electron chi connectivity index (χ0n) is 14.9. The second-order valence-corrected chi connectivity index (χ2v) is 5.67. The van der Waals surface area contributed by atoms with Crippen LogP contribution in [0.4, 0.5) is 11.4 Å². The van der Waals surface area contributed by atoms with Crippen molar-refractivity contribution in [2.75, 3.05) is 12.4 Å². The van der Waals surface area contributed by atoms with Crippen molar-refractivity contribution >= 4 is 23.4 Å². The van der Waals surface area contributed by atoms with Crippen molar-refractivity contribution in [2.45, 2.75) is 0 Å². The number of nitro groups is 1. The van der Waals surface area contributed by atoms with Gasteiger partial charge in [0.15, 0.2) is 5.82 Å². The first-order valence-corrected chi connectivity index (χ1v) is 8.26. The van der Waals surface area contributed by atoms with Gasteiger partial charge in [-0.3, -0.25) is 14.9 Å². The number of benzene rings is 2. The van der Waals surface area contributed by atoms with Crippen LogP contribution in [0.3, 0.4) is 0 Å². The SMILES string of the molecule is COc1ccccc1NC(=O)/C=C/c1cnc(-c2cccc([N+](=O)[O-])c2)nc1. The molecule has 28 heavy (non-hydrogen) atoms. The van der Waals surface area contributed by atoms with Crippen molar-refractivity contribution in [3.63, 3.8) is 0 Å². The molecular formula is C20H16N4O4. The number of ether oxygens (including phenoxy) is 1. The number of methoxy groups -OCH3 is 1. The van der Waals surface area contributed by atoms with Gasteiger partial charge in [-0.1, -0.05) is 24.3 Å². The third-order valence-electron chi connectivity index (χ3n) is 3.78. The molecular weight excluding hydrogens is 360 g/mol. The fraction of sp³-hybridized carbons (Fsp3) is 0.0500. The smallest absolute Gasteiger partial charge is 0.270 e. The highest BCUT2D eigenvalue weighted by Gasteiger charge is 2.09. The Bertz CT molecular complexity index is 1030. The fourth-order valence-corrected chi connectivity index (χ4v) is 2.43. The molecule has 0 aliphatic heterocycles. The summed E-state index contributed by atoms with van der Waals surface area (Å²) in [6, 6.07) is 13.2. The third-order valence-corrected chi connectivity index (χ3v) is 3.78. The normalized spacial score (nSPS) is 10.6. The largest absolute Gasteiger partial charge is 0.495 e. The van der Waals surface area contributed by atoms with Crippen molar-refractivity contribution < 1.29 is 14.5 Å². The van der Waals surface area contributed by atoms with Crippen LogP contribution < -0.4 is 10.1 Å². The van der Waals surface area contributed by atoms with Crippen LogP contribution in [-0.4, -0.2) is 27.9 Å². The Morgan fingerprint density at radius 1 is 1.14 bits per heavy atom. The standard InChI is InChI=1S/C20H16N4O4/c1-28-18-8-3-2-7-17(18)23-19(25)10-9-14-12-21-20(22-13-14)15-5-4-6-16(11-15)24(26)27/h2-13H,1H3,(H,23,25)/b10-9+. The average Bonchev–Trinajstić information content (AvgIpc) is 2.73. The highest BCUT2D eigenvalue weighted by Crippen LogP contribution is 2.23. The van der Waals surface area contributed by atoms with Gasteiger partial charge in [0.05, 0.1) is 17.7 Å². The summed E-state index contributed by atoms with van der Waals surface area (Å²) in [5, 5.41) is 13.6. The summed E-state index contributed by atoms with van der Waals surface area (Å²) in [7, 11) is 1.53. The van der Waals surface area contributed by atoms with Crippen LogP contribution in [0, 0.1) is 10.1 Å². The quantitative estimate of drug-likeness (QED) is 0.399. The Morgan fingerprint density at radius 3 is 2.61 bits per heavy atom. The van der Waals surface area contributed by atoms with Gasteiger partial charge in [-0.05, 0) is 18.2 Å². The van der Waals surface area contributed by atoms with Crippen LogP contribution in [0.5, 0.6) is 5.75 Å². The Labute approximate surface area is 160 Å². The highest BCUT2D eigenvalue weighted by atomic mass is 16.6. The first-order valence-electron chi connectivity index (χ1n) is 8.26. The lowest BCUT2D eigenvalue weighted by Gasteiger charge is -2.07. The van der Waals surface area contributed by atoms with Gasteiger partial charge in [0.2, 0.25) is 5.91 Å². The molecule has 0 atom stereocenters. The van der Waals surface area contributed by atoms with E-state index in [2.05, 4.69) is 15.3 Å². The summed E-state index contributed by atoms with van der Waals surface area (Å²) in [6.07, 6.45) is 6.00. The number of non-ortho nitro benzene ring substituents is 1. The van der Waals surface area contributed by atoms with Gasteiger partial charge in [-0.25, -0.2) is 9.97 Å². The minimum Gasteiger partial charge on any atom is -0.495 e. The topological polar surface area (TPSA) is 107 Å². The van der Waals surface area contributed by atoms with Crippen LogP contribution >= 0.6 is 0 Å². The summed E-state index contributed by atoms with van der Waals surface area (Å²) < 4.78 is 5.19. The number of hydrogen-bond donors (Lipinski definition) is 1. The lowest BCUT2D eigenvalue weighted by atomic mass is 10.2. The number of carbonyl (C=O) groups excluding carboxylic acids is 1. The number of carbonyl (C=O) groups is 1. The summed E-state index contributed by atoms with van der Waals surface area (Å²) in [5.41, 5.74) is 1.69. The fourth-order valence-electron chi connectivity index (χ4n) is 2.43. The molecule has 8 nitrogen and oxygen atoms in total. The maximum absolute atomic E-state index is 12.1. The lowest BCUT2D eigenvalue weighted by molar-refractivity contribution is -0.384. The second kappa shape index (κ2) is 8.54. The van der Waals surface area contributed by atoms with Crippen molar-refractivity contribution in [2.24, 2.45) is 0 Å². The van der Waals surface area contributed by atoms with E-state index in [-0.39, 0.29) is 11.6 Å². The van der Waals surface area contributed by atoms with E-state index in [1.807, 2.05) is 6.07 Å². The van der Waals surface area contributed by atoms with E-state index in [0.717, 1.165) is 0 Å². The Morgan fingerprint density at radius 2 is 1.89 bits per heavy atom. The molecule has 3 rings (SSSR count). The van der Waals surface area contributed by atoms with E-state index in [9.17, 15) is 14.9 Å². The number of anilines is 1. The van der Waals surface area contributed by atoms with Gasteiger partial charge in [-0.2, -0.15) is 0 Å². The molecule has 3 aromatic rings. The zero-order chi connectivity index (χ0) is 19.9. The van der Waals surface area contributed by atoms with E-state index in [0.29, 0.717) is 28.4 Å². The number of nitrogens with one attached hydrogen (secondary N) is 1. The Balaban J connectivity index is 1.69. The third kappa shape index (κ3) is 4.55. The first kappa shape index (κ1) is 18.7. The Hall–Kier alpha value is -4.07. The van der Waals surface area contributed by atoms with Gasteiger partial charge in [0.1, 0.15) is 5.75 Å². The van der Waals surface area contributed by atoms with Gasteiger partial charge >= 0.3 is 0 Å². The number of para-hydroxylation sites is 2. The molecule has 0 unspecified atom stereocenters. The van der Waals surface area contributed by atoms with Crippen LogP contribution in [0.15, 0.2) is 67.0 Å². The number of rotatable bonds is 6. The summed E-state index contributed by atoms with van der Waals surface area (Å²) >= 11 is 0. The predicted molar refractivity (Wildman–Crippen MR) is 105 cm³/mol. The highest BCUT2D eigenvalue weighted by molar-refractivity contribution is 6.02. The van der Waals surface area contributed by atoms with Crippen LogP contribution in [0.25, 0.3) is 17.5 Å². The van der Waals surface area contributed by atoms with Crippen molar-refractivity contribution in [1.82, 2.24) is 9.97 Å². The number of nitro benzene ring substituents is 1. The molecule has 1 amide bonds. The van der Waals surface area contributed by atoms with E-state index in [1.165, 1.54) is 37.7 Å². The number of nitrogens with zero attached hydrogens (tertiary/aromatic N) is 3. The molecule has 1 N–H and O–H groups in total. The van der Waals surface area contributed by atoms with E-state index < -0.39 is 4.92 Å². The van der Waals surface area contributed by atoms with Gasteiger partial charge < -0.3 is 10.1 Å². The van der Waals surface area contributed by atoms with Crippen molar-refractivity contribution in [3.05, 3.63) is 82.7 Å². The molecule has 0 bridgehead atoms. The summed E-state index contributed by atoms with van der Waals surface area (Å²) in [6.45, 7) is 0. The van der Waals surface area contributed by atoms with Crippen LogP contribution in [0.1, 0.15) is 5.56 Å². The second-order valence-electron chi connectivity index (χ2n) is 5.67. The Kier molecular flexibility index (Phi) is 5.71. The van der Waals surface area contributed by atoms with E-state index in [4.69, 9.17) is 4.74 Å². The average molecular weight is 376 g/mol. The lowest BCUT2D eigenvalue weighted by Crippen LogP contribution is -2.08. The molecule has 0 saturated heterocycles. The number of amides is 1. The molecule has 1 aromatic heterocycles. The molecule has 0 radical (unpaired) electrons.